The highest BCUT2D eigenvalue weighted by atomic mass is 14.9. The van der Waals surface area contributed by atoms with Crippen LogP contribution < -0.4 is 10.6 Å². The van der Waals surface area contributed by atoms with E-state index in [0.29, 0.717) is 6.04 Å². The fraction of sp³-hybridized carbons (Fsp3) is 0.647. The fourth-order valence-corrected chi connectivity index (χ4v) is 3.16. The van der Waals surface area contributed by atoms with Gasteiger partial charge >= 0.3 is 0 Å². The van der Waals surface area contributed by atoms with Crippen molar-refractivity contribution < 1.29 is 0 Å². The first-order valence-corrected chi connectivity index (χ1v) is 7.84. The SMILES string of the molecule is CCC(CC)C(C)NCc1cccc2c1NCCC2. The lowest BCUT2D eigenvalue weighted by Gasteiger charge is -2.25. The van der Waals surface area contributed by atoms with E-state index in [2.05, 4.69) is 49.6 Å². The van der Waals surface area contributed by atoms with E-state index in [0.717, 1.165) is 19.0 Å². The van der Waals surface area contributed by atoms with Gasteiger partial charge in [0.1, 0.15) is 0 Å². The molecule has 2 nitrogen and oxygen atoms in total. The van der Waals surface area contributed by atoms with Gasteiger partial charge in [0.05, 0.1) is 0 Å². The zero-order valence-electron chi connectivity index (χ0n) is 12.6. The number of anilines is 1. The molecular formula is C17H28N2. The quantitative estimate of drug-likeness (QED) is 0.809. The van der Waals surface area contributed by atoms with Crippen LogP contribution in [0.1, 0.15) is 51.2 Å². The third-order valence-electron chi connectivity index (χ3n) is 4.53. The maximum atomic E-state index is 3.71. The van der Waals surface area contributed by atoms with Crippen molar-refractivity contribution in [1.82, 2.24) is 5.32 Å². The first-order chi connectivity index (χ1) is 9.26. The maximum Gasteiger partial charge on any atom is 0.0418 e. The molecule has 0 aromatic heterocycles. The van der Waals surface area contributed by atoms with Crippen molar-refractivity contribution in [3.63, 3.8) is 0 Å². The second-order valence-corrected chi connectivity index (χ2v) is 5.73. The van der Waals surface area contributed by atoms with Gasteiger partial charge in [-0.3, -0.25) is 0 Å². The van der Waals surface area contributed by atoms with Crippen molar-refractivity contribution in [2.24, 2.45) is 5.92 Å². The molecule has 1 atom stereocenters. The summed E-state index contributed by atoms with van der Waals surface area (Å²) in [6, 6.07) is 7.30. The minimum atomic E-state index is 0.592. The topological polar surface area (TPSA) is 24.1 Å². The number of nitrogens with one attached hydrogen (secondary N) is 2. The molecule has 2 rings (SSSR count). The molecule has 2 N–H and O–H groups in total. The van der Waals surface area contributed by atoms with Crippen molar-refractivity contribution in [2.75, 3.05) is 11.9 Å². The number of rotatable bonds is 6. The number of hydrogen-bond acceptors (Lipinski definition) is 2. The molecule has 0 amide bonds. The molecular weight excluding hydrogens is 232 g/mol. The maximum absolute atomic E-state index is 3.71. The smallest absolute Gasteiger partial charge is 0.0418 e. The largest absolute Gasteiger partial charge is 0.385 e. The third-order valence-corrected chi connectivity index (χ3v) is 4.53. The normalized spacial score (nSPS) is 16.0. The van der Waals surface area contributed by atoms with Crippen LogP contribution in [0.2, 0.25) is 0 Å². The van der Waals surface area contributed by atoms with E-state index in [4.69, 9.17) is 0 Å². The van der Waals surface area contributed by atoms with E-state index >= 15 is 0 Å². The third kappa shape index (κ3) is 3.50. The van der Waals surface area contributed by atoms with Gasteiger partial charge in [-0.15, -0.1) is 0 Å². The van der Waals surface area contributed by atoms with E-state index in [-0.39, 0.29) is 0 Å². The first-order valence-electron chi connectivity index (χ1n) is 7.84. The predicted molar refractivity (Wildman–Crippen MR) is 83.6 cm³/mol. The highest BCUT2D eigenvalue weighted by Crippen LogP contribution is 2.26. The lowest BCUT2D eigenvalue weighted by molar-refractivity contribution is 0.353. The summed E-state index contributed by atoms with van der Waals surface area (Å²) >= 11 is 0. The Kier molecular flexibility index (Phi) is 5.26. The molecule has 1 aliphatic heterocycles. The molecule has 1 heterocycles. The zero-order chi connectivity index (χ0) is 13.7. The second kappa shape index (κ2) is 6.95. The Bertz CT molecular complexity index is 396. The van der Waals surface area contributed by atoms with Crippen molar-refractivity contribution in [1.29, 1.82) is 0 Å². The van der Waals surface area contributed by atoms with Gasteiger partial charge in [0, 0.05) is 24.8 Å². The molecule has 19 heavy (non-hydrogen) atoms. The number of para-hydroxylation sites is 1. The summed E-state index contributed by atoms with van der Waals surface area (Å²) in [4.78, 5) is 0. The Morgan fingerprint density at radius 2 is 2.05 bits per heavy atom. The zero-order valence-corrected chi connectivity index (χ0v) is 12.6. The van der Waals surface area contributed by atoms with Crippen LogP contribution in [-0.4, -0.2) is 12.6 Å². The summed E-state index contributed by atoms with van der Waals surface area (Å²) in [6.07, 6.45) is 5.00. The Hall–Kier alpha value is -1.02. The number of benzene rings is 1. The van der Waals surface area contributed by atoms with Crippen molar-refractivity contribution in [3.05, 3.63) is 29.3 Å². The van der Waals surface area contributed by atoms with E-state index in [1.54, 1.807) is 0 Å². The number of hydrogen-bond donors (Lipinski definition) is 2. The number of aryl methyl sites for hydroxylation is 1. The molecule has 0 saturated heterocycles. The van der Waals surface area contributed by atoms with Crippen LogP contribution in [0.15, 0.2) is 18.2 Å². The minimum Gasteiger partial charge on any atom is -0.385 e. The number of fused-ring (bicyclic) bond motifs is 1. The average molecular weight is 260 g/mol. The summed E-state index contributed by atoms with van der Waals surface area (Å²) < 4.78 is 0. The summed E-state index contributed by atoms with van der Waals surface area (Å²) in [5, 5.41) is 7.28. The Morgan fingerprint density at radius 3 is 2.79 bits per heavy atom. The molecule has 0 radical (unpaired) electrons. The Balaban J connectivity index is 2.00. The van der Waals surface area contributed by atoms with Gasteiger partial charge in [0.15, 0.2) is 0 Å². The summed E-state index contributed by atoms with van der Waals surface area (Å²) in [5.41, 5.74) is 4.30. The molecule has 1 aliphatic rings. The molecule has 0 aliphatic carbocycles. The Labute approximate surface area is 118 Å². The van der Waals surface area contributed by atoms with Crippen LogP contribution in [0.3, 0.4) is 0 Å². The van der Waals surface area contributed by atoms with Gasteiger partial charge in [-0.2, -0.15) is 0 Å². The van der Waals surface area contributed by atoms with Crippen LogP contribution in [0.25, 0.3) is 0 Å². The molecule has 1 aromatic rings. The lowest BCUT2D eigenvalue weighted by Crippen LogP contribution is -2.33. The van der Waals surface area contributed by atoms with Crippen LogP contribution in [-0.2, 0) is 13.0 Å². The van der Waals surface area contributed by atoms with Gasteiger partial charge in [-0.25, -0.2) is 0 Å². The van der Waals surface area contributed by atoms with Gasteiger partial charge in [-0.05, 0) is 36.8 Å². The van der Waals surface area contributed by atoms with Crippen molar-refractivity contribution in [2.45, 2.75) is 59.0 Å². The summed E-state index contributed by atoms with van der Waals surface area (Å²) in [5.74, 6) is 0.785. The fourth-order valence-electron chi connectivity index (χ4n) is 3.16. The highest BCUT2D eigenvalue weighted by Gasteiger charge is 2.15. The summed E-state index contributed by atoms with van der Waals surface area (Å²) in [7, 11) is 0. The molecule has 0 bridgehead atoms. The van der Waals surface area contributed by atoms with Gasteiger partial charge in [-0.1, -0.05) is 44.9 Å². The van der Waals surface area contributed by atoms with Crippen LogP contribution in [0.5, 0.6) is 0 Å². The molecule has 106 valence electrons. The minimum absolute atomic E-state index is 0.592. The summed E-state index contributed by atoms with van der Waals surface area (Å²) in [6.45, 7) is 9.00. The average Bonchev–Trinajstić information content (AvgIpc) is 2.46. The molecule has 1 aromatic carbocycles. The van der Waals surface area contributed by atoms with E-state index in [9.17, 15) is 0 Å². The molecule has 2 heteroatoms. The van der Waals surface area contributed by atoms with Crippen molar-refractivity contribution in [3.8, 4) is 0 Å². The monoisotopic (exact) mass is 260 g/mol. The molecule has 0 saturated carbocycles. The predicted octanol–water partition coefficient (Wildman–Crippen LogP) is 3.96. The van der Waals surface area contributed by atoms with Crippen LogP contribution >= 0.6 is 0 Å². The molecule has 0 fully saturated rings. The molecule has 0 spiro atoms. The van der Waals surface area contributed by atoms with E-state index < -0.39 is 0 Å². The highest BCUT2D eigenvalue weighted by molar-refractivity contribution is 5.59. The molecule has 1 unspecified atom stereocenters. The van der Waals surface area contributed by atoms with Crippen molar-refractivity contribution >= 4 is 5.69 Å². The van der Waals surface area contributed by atoms with E-state index in [1.165, 1.54) is 42.5 Å². The standard InChI is InChI=1S/C17H28N2/c1-4-14(5-2)13(3)19-12-16-9-6-8-15-10-7-11-18-17(15)16/h6,8-9,13-14,18-19H,4-5,7,10-12H2,1-3H3. The van der Waals surface area contributed by atoms with Gasteiger partial charge in [0.25, 0.3) is 0 Å². The van der Waals surface area contributed by atoms with E-state index in [1.807, 2.05) is 0 Å². The Morgan fingerprint density at radius 1 is 1.26 bits per heavy atom. The second-order valence-electron chi connectivity index (χ2n) is 5.73. The van der Waals surface area contributed by atoms with Gasteiger partial charge in [0.2, 0.25) is 0 Å². The van der Waals surface area contributed by atoms with Gasteiger partial charge < -0.3 is 10.6 Å². The lowest BCUT2D eigenvalue weighted by atomic mass is 9.95. The van der Waals surface area contributed by atoms with Crippen LogP contribution in [0, 0.1) is 5.92 Å². The first kappa shape index (κ1) is 14.4. The van der Waals surface area contributed by atoms with Crippen LogP contribution in [0.4, 0.5) is 5.69 Å².